The van der Waals surface area contributed by atoms with Crippen LogP contribution in [0.5, 0.6) is 5.75 Å². The molecule has 0 aliphatic carbocycles. The van der Waals surface area contributed by atoms with Gasteiger partial charge < -0.3 is 19.5 Å². The molecular formula is C21H28N2O5. The van der Waals surface area contributed by atoms with Gasteiger partial charge in [0, 0.05) is 32.5 Å². The largest absolute Gasteiger partial charge is 0.468 e. The average Bonchev–Trinajstić information content (AvgIpc) is 2.67. The maximum atomic E-state index is 12.0. The van der Waals surface area contributed by atoms with Gasteiger partial charge in [-0.1, -0.05) is 19.1 Å². The van der Waals surface area contributed by atoms with Crippen LogP contribution in [0.15, 0.2) is 29.8 Å². The summed E-state index contributed by atoms with van der Waals surface area (Å²) in [7, 11) is 2.07. The van der Waals surface area contributed by atoms with Gasteiger partial charge in [-0.15, -0.1) is 0 Å². The van der Waals surface area contributed by atoms with Crippen molar-refractivity contribution in [1.82, 2.24) is 9.80 Å². The fraction of sp³-hybridized carbons (Fsp3) is 0.524. The van der Waals surface area contributed by atoms with Crippen LogP contribution in [0.25, 0.3) is 5.57 Å². The molecule has 1 saturated heterocycles. The fourth-order valence-electron chi connectivity index (χ4n) is 4.01. The van der Waals surface area contributed by atoms with E-state index in [1.807, 2.05) is 29.2 Å². The number of hydrogen-bond donors (Lipinski definition) is 1. The topological polar surface area (TPSA) is 79.3 Å². The number of rotatable bonds is 6. The van der Waals surface area contributed by atoms with Crippen molar-refractivity contribution in [1.29, 1.82) is 0 Å². The summed E-state index contributed by atoms with van der Waals surface area (Å²) in [5.41, 5.74) is 3.25. The van der Waals surface area contributed by atoms with Crippen LogP contribution in [0.4, 0.5) is 0 Å². The molecule has 3 rings (SSSR count). The Balaban J connectivity index is 1.96. The van der Waals surface area contributed by atoms with Gasteiger partial charge in [-0.05, 0) is 42.3 Å². The van der Waals surface area contributed by atoms with Gasteiger partial charge in [0.15, 0.2) is 6.79 Å². The predicted octanol–water partition coefficient (Wildman–Crippen LogP) is 1.66. The van der Waals surface area contributed by atoms with Crippen LogP contribution in [0, 0.1) is 0 Å². The van der Waals surface area contributed by atoms with E-state index in [4.69, 9.17) is 14.6 Å². The number of hydrogen-bond acceptors (Lipinski definition) is 6. The van der Waals surface area contributed by atoms with E-state index < -0.39 is 0 Å². The van der Waals surface area contributed by atoms with E-state index in [-0.39, 0.29) is 37.4 Å². The third-order valence-corrected chi connectivity index (χ3v) is 5.68. The molecule has 2 aliphatic heterocycles. The lowest BCUT2D eigenvalue weighted by atomic mass is 9.82. The summed E-state index contributed by atoms with van der Waals surface area (Å²) in [6.07, 6.45) is 1.11. The zero-order valence-corrected chi connectivity index (χ0v) is 16.7. The highest BCUT2D eigenvalue weighted by molar-refractivity contribution is 5.76. The molecule has 2 bridgehead atoms. The lowest BCUT2D eigenvalue weighted by molar-refractivity contribution is -0.143. The monoisotopic (exact) mass is 388 g/mol. The molecule has 152 valence electrons. The van der Waals surface area contributed by atoms with Gasteiger partial charge in [0.25, 0.3) is 0 Å². The Labute approximate surface area is 165 Å². The van der Waals surface area contributed by atoms with E-state index in [1.54, 1.807) is 13.8 Å². The van der Waals surface area contributed by atoms with Crippen molar-refractivity contribution in [2.24, 2.45) is 0 Å². The molecule has 0 saturated carbocycles. The van der Waals surface area contributed by atoms with E-state index in [0.29, 0.717) is 25.3 Å². The first kappa shape index (κ1) is 20.4. The number of amides is 1. The van der Waals surface area contributed by atoms with Gasteiger partial charge in [-0.25, -0.2) is 0 Å². The van der Waals surface area contributed by atoms with Gasteiger partial charge in [-0.3, -0.25) is 14.5 Å². The van der Waals surface area contributed by atoms with E-state index in [1.165, 1.54) is 0 Å². The normalized spacial score (nSPS) is 22.2. The minimum absolute atomic E-state index is 0.0180. The third kappa shape index (κ3) is 4.20. The number of aliphatic hydroxyl groups excluding tert-OH is 1. The standard InChI is InChI=1S/C21H28N2O5/c1-4-21(26)27-12-19-18(15-5-7-17(8-6-15)28-13-24)9-16-10-23(14(2)25)11-20(19)22(16)3/h5-8,16,20,24H,4,9-13H2,1-3H3. The van der Waals surface area contributed by atoms with E-state index >= 15 is 0 Å². The van der Waals surface area contributed by atoms with Crippen molar-refractivity contribution in [2.45, 2.75) is 38.8 Å². The Morgan fingerprint density at radius 1 is 1.21 bits per heavy atom. The number of carbonyl (C=O) groups is 2. The van der Waals surface area contributed by atoms with Crippen LogP contribution in [0.1, 0.15) is 32.3 Å². The van der Waals surface area contributed by atoms with Crippen molar-refractivity contribution in [3.05, 3.63) is 35.4 Å². The number of fused-ring (bicyclic) bond motifs is 2. The molecule has 2 heterocycles. The predicted molar refractivity (Wildman–Crippen MR) is 105 cm³/mol. The zero-order valence-electron chi connectivity index (χ0n) is 16.7. The van der Waals surface area contributed by atoms with E-state index in [2.05, 4.69) is 11.9 Å². The average molecular weight is 388 g/mol. The smallest absolute Gasteiger partial charge is 0.305 e. The first-order chi connectivity index (χ1) is 13.4. The van der Waals surface area contributed by atoms with Crippen LogP contribution >= 0.6 is 0 Å². The minimum Gasteiger partial charge on any atom is -0.468 e. The van der Waals surface area contributed by atoms with Gasteiger partial charge in [-0.2, -0.15) is 0 Å². The number of piperazine rings is 1. The molecule has 2 unspecified atom stereocenters. The number of benzene rings is 1. The molecule has 0 radical (unpaired) electrons. The summed E-state index contributed by atoms with van der Waals surface area (Å²) >= 11 is 0. The molecular weight excluding hydrogens is 360 g/mol. The van der Waals surface area contributed by atoms with Crippen LogP contribution < -0.4 is 4.74 Å². The molecule has 1 aromatic carbocycles. The van der Waals surface area contributed by atoms with E-state index in [9.17, 15) is 9.59 Å². The molecule has 1 amide bonds. The number of likely N-dealkylation sites (N-methyl/N-ethyl adjacent to an activating group) is 1. The Morgan fingerprint density at radius 3 is 2.54 bits per heavy atom. The second-order valence-electron chi connectivity index (χ2n) is 7.28. The number of esters is 1. The summed E-state index contributed by atoms with van der Waals surface area (Å²) in [4.78, 5) is 27.9. The number of nitrogens with zero attached hydrogens (tertiary/aromatic N) is 2. The molecule has 0 spiro atoms. The SMILES string of the molecule is CCC(=O)OCC1=C(c2ccc(OCO)cc2)CC2CN(C(C)=O)CC1N2C. The Hall–Kier alpha value is -2.38. The van der Waals surface area contributed by atoms with E-state index in [0.717, 1.165) is 23.1 Å². The van der Waals surface area contributed by atoms with Crippen LogP contribution in [0.2, 0.25) is 0 Å². The van der Waals surface area contributed by atoms with Crippen molar-refractivity contribution < 1.29 is 24.2 Å². The number of aliphatic hydroxyl groups is 1. The van der Waals surface area contributed by atoms with Gasteiger partial charge in [0.2, 0.25) is 5.91 Å². The van der Waals surface area contributed by atoms with Crippen molar-refractivity contribution in [3.8, 4) is 5.75 Å². The maximum Gasteiger partial charge on any atom is 0.305 e. The van der Waals surface area contributed by atoms with Gasteiger partial charge >= 0.3 is 5.97 Å². The summed E-state index contributed by atoms with van der Waals surface area (Å²) in [5.74, 6) is 0.436. The summed E-state index contributed by atoms with van der Waals surface area (Å²) in [5, 5.41) is 8.92. The van der Waals surface area contributed by atoms with Gasteiger partial charge in [0.1, 0.15) is 12.4 Å². The Morgan fingerprint density at radius 2 is 1.93 bits per heavy atom. The molecule has 1 aromatic rings. The maximum absolute atomic E-state index is 12.0. The summed E-state index contributed by atoms with van der Waals surface area (Å²) < 4.78 is 10.6. The van der Waals surface area contributed by atoms with Gasteiger partial charge in [0.05, 0.1) is 6.04 Å². The molecule has 2 atom stereocenters. The van der Waals surface area contributed by atoms with Crippen LogP contribution in [0.3, 0.4) is 0 Å². The van der Waals surface area contributed by atoms with Crippen molar-refractivity contribution in [3.63, 3.8) is 0 Å². The molecule has 2 aliphatic rings. The molecule has 28 heavy (non-hydrogen) atoms. The van der Waals surface area contributed by atoms with Crippen molar-refractivity contribution >= 4 is 17.4 Å². The van der Waals surface area contributed by atoms with Crippen LogP contribution in [-0.2, 0) is 14.3 Å². The lowest BCUT2D eigenvalue weighted by Gasteiger charge is -2.49. The third-order valence-electron chi connectivity index (χ3n) is 5.68. The second-order valence-corrected chi connectivity index (χ2v) is 7.28. The fourth-order valence-corrected chi connectivity index (χ4v) is 4.01. The quantitative estimate of drug-likeness (QED) is 0.590. The minimum atomic E-state index is -0.365. The Kier molecular flexibility index (Phi) is 6.36. The van der Waals surface area contributed by atoms with Crippen molar-refractivity contribution in [2.75, 3.05) is 33.5 Å². The molecule has 1 fully saturated rings. The number of ether oxygens (including phenoxy) is 2. The molecule has 0 aromatic heterocycles. The highest BCUT2D eigenvalue weighted by Gasteiger charge is 2.40. The number of carbonyl (C=O) groups excluding carboxylic acids is 2. The lowest BCUT2D eigenvalue weighted by Crippen LogP contribution is -2.61. The molecule has 7 nitrogen and oxygen atoms in total. The first-order valence-corrected chi connectivity index (χ1v) is 9.63. The zero-order chi connectivity index (χ0) is 20.3. The second kappa shape index (κ2) is 8.75. The Bertz CT molecular complexity index is 759. The summed E-state index contributed by atoms with van der Waals surface area (Å²) in [6, 6.07) is 7.81. The molecule has 1 N–H and O–H groups in total. The summed E-state index contributed by atoms with van der Waals surface area (Å²) in [6.45, 7) is 4.53. The molecule has 7 heteroatoms. The highest BCUT2D eigenvalue weighted by atomic mass is 16.6. The first-order valence-electron chi connectivity index (χ1n) is 9.63. The highest BCUT2D eigenvalue weighted by Crippen LogP contribution is 2.38. The van der Waals surface area contributed by atoms with Crippen LogP contribution in [-0.4, -0.2) is 72.4 Å².